The fourth-order valence-corrected chi connectivity index (χ4v) is 9.50. The fraction of sp³-hybridized carbons (Fsp3) is 0.422. The number of fused-ring (bicyclic) bond motifs is 8. The van der Waals surface area contributed by atoms with Crippen molar-refractivity contribution >= 4 is 34.8 Å². The van der Waals surface area contributed by atoms with Crippen molar-refractivity contribution in [3.63, 3.8) is 0 Å². The summed E-state index contributed by atoms with van der Waals surface area (Å²) in [6, 6.07) is 23.7. The number of thiophene rings is 1. The predicted octanol–water partition coefficient (Wildman–Crippen LogP) is 10.0. The van der Waals surface area contributed by atoms with E-state index >= 15 is 0 Å². The molecule has 1 aromatic heterocycles. The number of hydrogen-bond donors (Lipinski definition) is 3. The molecule has 0 unspecified atom stereocenters. The summed E-state index contributed by atoms with van der Waals surface area (Å²) in [5.74, 6) is -1.03. The van der Waals surface area contributed by atoms with Crippen LogP contribution in [0.1, 0.15) is 109 Å². The standard InChI is InChI=1S/C45H52ClFN2O4S/c1-30-10-8-22-44(3)39(36-19-17-32(26-34(50)18-16-30)27-37(36)42(51)28-38-40(46)14-7-15-41(38)47)20-23-45(44,53)29-49(24-21-35-13-9-25-54-35)43(52)48-31(2)33-11-5-4-6-12-33/h4-7,9-15,17,19,25,27,31,34,39,50,53H,8,16,18,20-24,26,28-29H2,1-3H3,(H,48,52)/t31-,34+,39+,44+,45-/m1/s1. The Labute approximate surface area is 328 Å². The minimum atomic E-state index is -1.29. The Morgan fingerprint density at radius 1 is 1.06 bits per heavy atom. The Hall–Kier alpha value is -3.82. The number of amides is 2. The Morgan fingerprint density at radius 2 is 1.85 bits per heavy atom. The summed E-state index contributed by atoms with van der Waals surface area (Å²) in [5, 5.41) is 29.4. The van der Waals surface area contributed by atoms with Crippen LogP contribution < -0.4 is 5.32 Å². The van der Waals surface area contributed by atoms with Gasteiger partial charge in [-0.3, -0.25) is 4.79 Å². The third-order valence-corrected chi connectivity index (χ3v) is 13.2. The van der Waals surface area contributed by atoms with Gasteiger partial charge in [-0.15, -0.1) is 11.3 Å². The molecule has 7 rings (SSSR count). The van der Waals surface area contributed by atoms with E-state index < -0.39 is 22.9 Å². The van der Waals surface area contributed by atoms with Gasteiger partial charge < -0.3 is 20.4 Å². The van der Waals surface area contributed by atoms with E-state index in [0.29, 0.717) is 57.1 Å². The molecule has 0 spiro atoms. The molecule has 0 aliphatic heterocycles. The number of halogens is 2. The summed E-state index contributed by atoms with van der Waals surface area (Å²) in [6.07, 6.45) is 6.11. The molecule has 1 saturated carbocycles. The summed E-state index contributed by atoms with van der Waals surface area (Å²) in [4.78, 5) is 31.4. The molecular weight excluding hydrogens is 719 g/mol. The molecule has 2 bridgehead atoms. The van der Waals surface area contributed by atoms with E-state index in [2.05, 4.69) is 31.3 Å². The highest BCUT2D eigenvalue weighted by Crippen LogP contribution is 2.59. The Kier molecular flexibility index (Phi) is 12.8. The summed E-state index contributed by atoms with van der Waals surface area (Å²) in [7, 11) is 0. The molecule has 286 valence electrons. The van der Waals surface area contributed by atoms with E-state index in [0.717, 1.165) is 28.0 Å². The molecule has 3 aliphatic carbocycles. The molecule has 3 N–H and O–H groups in total. The average Bonchev–Trinajstić information content (AvgIpc) is 3.76. The molecule has 3 aliphatic rings. The lowest BCUT2D eigenvalue weighted by atomic mass is 9.64. The van der Waals surface area contributed by atoms with Gasteiger partial charge in [-0.25, -0.2) is 9.18 Å². The van der Waals surface area contributed by atoms with E-state index in [9.17, 15) is 24.2 Å². The van der Waals surface area contributed by atoms with Crippen LogP contribution in [0.15, 0.2) is 95.9 Å². The first-order valence-corrected chi connectivity index (χ1v) is 20.4. The van der Waals surface area contributed by atoms with Crippen molar-refractivity contribution in [1.29, 1.82) is 0 Å². The number of urea groups is 1. The Morgan fingerprint density at radius 3 is 2.59 bits per heavy atom. The highest BCUT2D eigenvalue weighted by molar-refractivity contribution is 7.09. The minimum Gasteiger partial charge on any atom is -0.393 e. The maximum absolute atomic E-state index is 15.0. The normalized spacial score (nSPS) is 23.6. The average molecular weight is 771 g/mol. The summed E-state index contributed by atoms with van der Waals surface area (Å²) >= 11 is 8.05. The van der Waals surface area contributed by atoms with Gasteiger partial charge in [-0.05, 0) is 117 Å². The zero-order valence-electron chi connectivity index (χ0n) is 31.5. The van der Waals surface area contributed by atoms with Crippen LogP contribution in [0.2, 0.25) is 5.02 Å². The minimum absolute atomic E-state index is 0.125. The maximum Gasteiger partial charge on any atom is 0.317 e. The zero-order chi connectivity index (χ0) is 38.5. The first-order valence-electron chi connectivity index (χ1n) is 19.1. The SMILES string of the molecule is CC1=CCC[C@@]2(C)[C@@H](CC[C@@]2(O)CN(CCc2cccs2)C(=O)N[C@H](C)c2ccccc2)c2ccc(cc2C(=O)Cc2c(F)cccc2Cl)C[C@@H](O)CC1. The molecule has 1 heterocycles. The number of rotatable bonds is 10. The number of aliphatic hydroxyl groups excluding tert-OH is 1. The van der Waals surface area contributed by atoms with Crippen LogP contribution in [-0.2, 0) is 19.3 Å². The zero-order valence-corrected chi connectivity index (χ0v) is 33.1. The second-order valence-corrected chi connectivity index (χ2v) is 17.0. The van der Waals surface area contributed by atoms with Crippen molar-refractivity contribution < 1.29 is 24.2 Å². The van der Waals surface area contributed by atoms with Gasteiger partial charge in [0, 0.05) is 39.4 Å². The number of nitrogens with zero attached hydrogens (tertiary/aromatic N) is 1. The van der Waals surface area contributed by atoms with Crippen molar-refractivity contribution in [2.75, 3.05) is 13.1 Å². The van der Waals surface area contributed by atoms with Crippen molar-refractivity contribution in [2.45, 2.75) is 102 Å². The summed E-state index contributed by atoms with van der Waals surface area (Å²) in [6.45, 7) is 6.72. The lowest BCUT2D eigenvalue weighted by Gasteiger charge is -2.46. The van der Waals surface area contributed by atoms with Crippen molar-refractivity contribution in [3.8, 4) is 0 Å². The monoisotopic (exact) mass is 770 g/mol. The number of benzene rings is 3. The van der Waals surface area contributed by atoms with Crippen molar-refractivity contribution in [2.24, 2.45) is 5.41 Å². The highest BCUT2D eigenvalue weighted by Gasteiger charge is 2.57. The number of Topliss-reactive ketones (excluding diaryl/α,β-unsaturated/α-hetero) is 1. The number of hydrogen-bond acceptors (Lipinski definition) is 5. The molecule has 0 radical (unpaired) electrons. The molecule has 0 saturated heterocycles. The molecule has 1 fully saturated rings. The van der Waals surface area contributed by atoms with Gasteiger partial charge in [0.25, 0.3) is 0 Å². The van der Waals surface area contributed by atoms with E-state index in [-0.39, 0.29) is 47.3 Å². The van der Waals surface area contributed by atoms with E-state index in [4.69, 9.17) is 11.6 Å². The first-order chi connectivity index (χ1) is 25.9. The summed E-state index contributed by atoms with van der Waals surface area (Å²) < 4.78 is 15.0. The van der Waals surface area contributed by atoms with E-state index in [1.54, 1.807) is 22.3 Å². The fourth-order valence-electron chi connectivity index (χ4n) is 8.57. The van der Waals surface area contributed by atoms with Gasteiger partial charge in [-0.2, -0.15) is 0 Å². The van der Waals surface area contributed by atoms with E-state index in [1.165, 1.54) is 17.7 Å². The van der Waals surface area contributed by atoms with Crippen molar-refractivity contribution in [3.05, 3.63) is 139 Å². The lowest BCUT2D eigenvalue weighted by Crippen LogP contribution is -2.56. The molecule has 2 amide bonds. The molecule has 9 heteroatoms. The number of carbonyl (C=O) groups excluding carboxylic acids is 2. The van der Waals surface area contributed by atoms with Crippen LogP contribution in [0.5, 0.6) is 0 Å². The molecule has 3 aromatic carbocycles. The second-order valence-electron chi connectivity index (χ2n) is 15.6. The van der Waals surface area contributed by atoms with Gasteiger partial charge in [0.1, 0.15) is 5.82 Å². The Bertz CT molecular complexity index is 1930. The second kappa shape index (κ2) is 17.3. The lowest BCUT2D eigenvalue weighted by molar-refractivity contribution is -0.0769. The largest absolute Gasteiger partial charge is 0.393 e. The number of nitrogens with one attached hydrogen (secondary N) is 1. The number of carbonyl (C=O) groups is 2. The molecule has 5 atom stereocenters. The van der Waals surface area contributed by atoms with Crippen molar-refractivity contribution in [1.82, 2.24) is 10.2 Å². The van der Waals surface area contributed by atoms with Crippen LogP contribution in [-0.4, -0.2) is 51.7 Å². The van der Waals surface area contributed by atoms with Gasteiger partial charge in [0.05, 0.1) is 24.3 Å². The van der Waals surface area contributed by atoms with Gasteiger partial charge in [0.2, 0.25) is 0 Å². The Balaban J connectivity index is 1.38. The van der Waals surface area contributed by atoms with Crippen LogP contribution in [0.3, 0.4) is 0 Å². The smallest absolute Gasteiger partial charge is 0.317 e. The molecular formula is C45H52ClFN2O4S. The van der Waals surface area contributed by atoms with Crippen LogP contribution in [0, 0.1) is 11.2 Å². The predicted molar refractivity (Wildman–Crippen MR) is 216 cm³/mol. The number of allylic oxidation sites excluding steroid dienone is 2. The van der Waals surface area contributed by atoms with Gasteiger partial charge in [-0.1, -0.05) is 84.8 Å². The number of ketones is 1. The first kappa shape index (κ1) is 39.9. The maximum atomic E-state index is 15.0. The van der Waals surface area contributed by atoms with Crippen LogP contribution >= 0.6 is 22.9 Å². The van der Waals surface area contributed by atoms with Gasteiger partial charge >= 0.3 is 6.03 Å². The quantitative estimate of drug-likeness (QED) is 0.111. The highest BCUT2D eigenvalue weighted by atomic mass is 35.5. The summed E-state index contributed by atoms with van der Waals surface area (Å²) in [5.41, 5.74) is 2.39. The van der Waals surface area contributed by atoms with Crippen LogP contribution in [0.4, 0.5) is 9.18 Å². The number of aliphatic hydroxyl groups is 2. The van der Waals surface area contributed by atoms with Gasteiger partial charge in [0.15, 0.2) is 5.78 Å². The van der Waals surface area contributed by atoms with E-state index in [1.807, 2.05) is 66.9 Å². The third kappa shape index (κ3) is 9.00. The topological polar surface area (TPSA) is 89.9 Å². The molecule has 6 nitrogen and oxygen atoms in total. The third-order valence-electron chi connectivity index (χ3n) is 12.0. The molecule has 4 aromatic rings. The molecule has 54 heavy (non-hydrogen) atoms. The van der Waals surface area contributed by atoms with Crippen LogP contribution in [0.25, 0.3) is 0 Å².